The first-order chi connectivity index (χ1) is 13.5. The zero-order valence-electron chi connectivity index (χ0n) is 16.5. The molecule has 0 saturated carbocycles. The quantitative estimate of drug-likeness (QED) is 0.692. The summed E-state index contributed by atoms with van der Waals surface area (Å²) in [5.41, 5.74) is 4.35. The Bertz CT molecular complexity index is 971. The maximum Gasteiger partial charge on any atom is 0.257 e. The Labute approximate surface area is 165 Å². The van der Waals surface area contributed by atoms with Crippen LogP contribution in [0.5, 0.6) is 0 Å². The highest BCUT2D eigenvalue weighted by Gasteiger charge is 2.29. The summed E-state index contributed by atoms with van der Waals surface area (Å²) in [5.74, 6) is 0.000636. The molecule has 1 aliphatic heterocycles. The van der Waals surface area contributed by atoms with Gasteiger partial charge in [0.25, 0.3) is 5.91 Å². The molecule has 0 N–H and O–H groups in total. The molecule has 2 aromatic carbocycles. The van der Waals surface area contributed by atoms with E-state index in [2.05, 4.69) is 6.07 Å². The topological polar surface area (TPSA) is 47.4 Å². The molecule has 5 heteroatoms. The molecule has 0 bridgehead atoms. The Kier molecular flexibility index (Phi) is 5.01. The zero-order valence-corrected chi connectivity index (χ0v) is 16.5. The summed E-state index contributed by atoms with van der Waals surface area (Å²) in [6.45, 7) is 7.24. The van der Waals surface area contributed by atoms with Gasteiger partial charge in [0.05, 0.1) is 23.5 Å². The third-order valence-corrected chi connectivity index (χ3v) is 4.96. The molecule has 0 aliphatic carbocycles. The van der Waals surface area contributed by atoms with Crippen molar-refractivity contribution in [3.8, 4) is 16.9 Å². The van der Waals surface area contributed by atoms with E-state index in [0.717, 1.165) is 16.8 Å². The lowest BCUT2D eigenvalue weighted by Crippen LogP contribution is -2.48. The standard InChI is InChI=1S/C23H25N3O2/c1-16-8-7-9-19(12-16)22-21(15-26(24-22)20-10-5-4-6-11-20)23(27)25-13-17(2)28-18(3)14-25/h4-12,15,17-18H,13-14H2,1-3H3. The molecule has 5 nitrogen and oxygen atoms in total. The molecule has 1 aromatic heterocycles. The van der Waals surface area contributed by atoms with Gasteiger partial charge in [-0.05, 0) is 39.0 Å². The van der Waals surface area contributed by atoms with E-state index in [4.69, 9.17) is 9.84 Å². The van der Waals surface area contributed by atoms with Crippen LogP contribution >= 0.6 is 0 Å². The van der Waals surface area contributed by atoms with Crippen molar-refractivity contribution in [2.45, 2.75) is 33.0 Å². The van der Waals surface area contributed by atoms with Crippen LogP contribution < -0.4 is 0 Å². The van der Waals surface area contributed by atoms with Gasteiger partial charge >= 0.3 is 0 Å². The van der Waals surface area contributed by atoms with Crippen molar-refractivity contribution in [1.29, 1.82) is 0 Å². The lowest BCUT2D eigenvalue weighted by molar-refractivity contribution is -0.0586. The molecule has 1 saturated heterocycles. The van der Waals surface area contributed by atoms with Crippen LogP contribution in [0.25, 0.3) is 16.9 Å². The minimum Gasteiger partial charge on any atom is -0.372 e. The molecule has 28 heavy (non-hydrogen) atoms. The third kappa shape index (κ3) is 3.71. The lowest BCUT2D eigenvalue weighted by Gasteiger charge is -2.35. The van der Waals surface area contributed by atoms with Gasteiger partial charge in [0.1, 0.15) is 5.69 Å². The van der Waals surface area contributed by atoms with Gasteiger partial charge in [-0.2, -0.15) is 5.10 Å². The highest BCUT2D eigenvalue weighted by atomic mass is 16.5. The highest BCUT2D eigenvalue weighted by molar-refractivity contribution is 6.00. The van der Waals surface area contributed by atoms with Crippen LogP contribution in [-0.2, 0) is 4.74 Å². The van der Waals surface area contributed by atoms with Gasteiger partial charge in [0.15, 0.2) is 0 Å². The van der Waals surface area contributed by atoms with E-state index < -0.39 is 0 Å². The van der Waals surface area contributed by atoms with Crippen molar-refractivity contribution in [2.75, 3.05) is 13.1 Å². The van der Waals surface area contributed by atoms with Gasteiger partial charge in [-0.15, -0.1) is 0 Å². The van der Waals surface area contributed by atoms with Crippen LogP contribution in [0.2, 0.25) is 0 Å². The lowest BCUT2D eigenvalue weighted by atomic mass is 10.0. The number of aromatic nitrogens is 2. The number of carbonyl (C=O) groups is 1. The molecule has 2 unspecified atom stereocenters. The smallest absolute Gasteiger partial charge is 0.257 e. The van der Waals surface area contributed by atoms with Gasteiger partial charge in [-0.3, -0.25) is 4.79 Å². The van der Waals surface area contributed by atoms with Crippen LogP contribution in [0.15, 0.2) is 60.8 Å². The molecule has 3 aromatic rings. The molecule has 1 fully saturated rings. The summed E-state index contributed by atoms with van der Waals surface area (Å²) in [5, 5.41) is 4.78. The van der Waals surface area contributed by atoms with E-state index in [1.165, 1.54) is 0 Å². The summed E-state index contributed by atoms with van der Waals surface area (Å²) in [6.07, 6.45) is 1.90. The number of aryl methyl sites for hydroxylation is 1. The summed E-state index contributed by atoms with van der Waals surface area (Å²) in [7, 11) is 0. The van der Waals surface area contributed by atoms with Crippen LogP contribution in [0.4, 0.5) is 0 Å². The number of benzene rings is 2. The molecule has 1 aliphatic rings. The van der Waals surface area contributed by atoms with Gasteiger partial charge in [0, 0.05) is 24.8 Å². The van der Waals surface area contributed by atoms with Crippen molar-refractivity contribution in [3.05, 3.63) is 71.9 Å². The number of ether oxygens (including phenoxy) is 1. The minimum atomic E-state index is 0.000636. The fraction of sp³-hybridized carbons (Fsp3) is 0.304. The molecule has 0 spiro atoms. The molecule has 4 rings (SSSR count). The van der Waals surface area contributed by atoms with Crippen LogP contribution in [0, 0.1) is 6.92 Å². The normalized spacial score (nSPS) is 19.6. The Hall–Kier alpha value is -2.92. The Balaban J connectivity index is 1.78. The van der Waals surface area contributed by atoms with Gasteiger partial charge in [0.2, 0.25) is 0 Å². The van der Waals surface area contributed by atoms with Crippen molar-refractivity contribution < 1.29 is 9.53 Å². The van der Waals surface area contributed by atoms with Gasteiger partial charge < -0.3 is 9.64 Å². The number of rotatable bonds is 3. The largest absolute Gasteiger partial charge is 0.372 e. The first-order valence-electron chi connectivity index (χ1n) is 9.68. The van der Waals surface area contributed by atoms with E-state index in [0.29, 0.717) is 24.3 Å². The van der Waals surface area contributed by atoms with E-state index in [-0.39, 0.29) is 18.1 Å². The highest BCUT2D eigenvalue weighted by Crippen LogP contribution is 2.27. The summed E-state index contributed by atoms with van der Waals surface area (Å²) < 4.78 is 7.58. The number of hydrogen-bond donors (Lipinski definition) is 0. The number of carbonyl (C=O) groups excluding carboxylic acids is 1. The minimum absolute atomic E-state index is 0.000636. The third-order valence-electron chi connectivity index (χ3n) is 4.96. The first-order valence-corrected chi connectivity index (χ1v) is 9.68. The first kappa shape index (κ1) is 18.4. The van der Waals surface area contributed by atoms with Crippen LogP contribution in [0.3, 0.4) is 0 Å². The summed E-state index contributed by atoms with van der Waals surface area (Å²) >= 11 is 0. The van der Waals surface area contributed by atoms with E-state index in [9.17, 15) is 4.79 Å². The molecule has 144 valence electrons. The molecule has 2 heterocycles. The predicted octanol–water partition coefficient (Wildman–Crippen LogP) is 4.10. The van der Waals surface area contributed by atoms with Crippen molar-refractivity contribution in [3.63, 3.8) is 0 Å². The predicted molar refractivity (Wildman–Crippen MR) is 110 cm³/mol. The number of para-hydroxylation sites is 1. The SMILES string of the molecule is Cc1cccc(-c2nn(-c3ccccc3)cc2C(=O)N2CC(C)OC(C)C2)c1. The zero-order chi connectivity index (χ0) is 19.7. The maximum atomic E-state index is 13.4. The number of morpholine rings is 1. The van der Waals surface area contributed by atoms with E-state index in [1.54, 1.807) is 4.68 Å². The number of hydrogen-bond acceptors (Lipinski definition) is 3. The average Bonchev–Trinajstić information content (AvgIpc) is 3.13. The van der Waals surface area contributed by atoms with E-state index in [1.807, 2.05) is 80.4 Å². The molecule has 1 amide bonds. The van der Waals surface area contributed by atoms with Crippen molar-refractivity contribution in [2.24, 2.45) is 0 Å². The average molecular weight is 375 g/mol. The Morgan fingerprint density at radius 1 is 1.04 bits per heavy atom. The molecule has 2 atom stereocenters. The second-order valence-corrected chi connectivity index (χ2v) is 7.51. The second-order valence-electron chi connectivity index (χ2n) is 7.51. The van der Waals surface area contributed by atoms with E-state index >= 15 is 0 Å². The second kappa shape index (κ2) is 7.60. The molecular weight excluding hydrogens is 350 g/mol. The molecular formula is C23H25N3O2. The number of nitrogens with zero attached hydrogens (tertiary/aromatic N) is 3. The fourth-order valence-electron chi connectivity index (χ4n) is 3.76. The fourth-order valence-corrected chi connectivity index (χ4v) is 3.76. The van der Waals surface area contributed by atoms with Gasteiger partial charge in [-0.25, -0.2) is 4.68 Å². The van der Waals surface area contributed by atoms with Gasteiger partial charge in [-0.1, -0.05) is 42.0 Å². The van der Waals surface area contributed by atoms with Crippen LogP contribution in [0.1, 0.15) is 29.8 Å². The van der Waals surface area contributed by atoms with Crippen LogP contribution in [-0.4, -0.2) is 45.9 Å². The monoisotopic (exact) mass is 375 g/mol. The summed E-state index contributed by atoms with van der Waals surface area (Å²) in [6, 6.07) is 18.0. The van der Waals surface area contributed by atoms with Crippen molar-refractivity contribution in [1.82, 2.24) is 14.7 Å². The Morgan fingerprint density at radius 3 is 2.43 bits per heavy atom. The van der Waals surface area contributed by atoms with Crippen molar-refractivity contribution >= 4 is 5.91 Å². The molecule has 0 radical (unpaired) electrons. The maximum absolute atomic E-state index is 13.4. The Morgan fingerprint density at radius 2 is 1.75 bits per heavy atom. The number of amides is 1. The summed E-state index contributed by atoms with van der Waals surface area (Å²) in [4.78, 5) is 15.3.